The van der Waals surface area contributed by atoms with Crippen LogP contribution >= 0.6 is 15.9 Å². The molecule has 1 amide bonds. The molecule has 0 atom stereocenters. The molecule has 7 nitrogen and oxygen atoms in total. The van der Waals surface area contributed by atoms with Gasteiger partial charge in [0, 0.05) is 4.47 Å². The summed E-state index contributed by atoms with van der Waals surface area (Å²) in [6.45, 7) is -0.483. The molecule has 2 aromatic rings. The second-order valence-corrected chi connectivity index (χ2v) is 7.97. The topological polar surface area (TPSA) is 104 Å². The van der Waals surface area contributed by atoms with Crippen LogP contribution in [0, 0.1) is 0 Å². The third-order valence-electron chi connectivity index (χ3n) is 3.22. The highest BCUT2D eigenvalue weighted by Gasteiger charge is 2.22. The fourth-order valence-electron chi connectivity index (χ4n) is 2.13. The first-order valence-electron chi connectivity index (χ1n) is 7.04. The molecule has 0 saturated heterocycles. The van der Waals surface area contributed by atoms with Crippen LogP contribution in [0.4, 0.5) is 11.4 Å². The van der Waals surface area contributed by atoms with Crippen LogP contribution in [0.3, 0.4) is 0 Å². The predicted molar refractivity (Wildman–Crippen MR) is 98.4 cm³/mol. The van der Waals surface area contributed by atoms with E-state index in [0.717, 1.165) is 10.6 Å². The highest BCUT2D eigenvalue weighted by Crippen LogP contribution is 2.22. The molecule has 0 unspecified atom stereocenters. The molecule has 0 fully saturated rings. The van der Waals surface area contributed by atoms with Gasteiger partial charge in [0.25, 0.3) is 0 Å². The molecular weight excluding hydrogens is 412 g/mol. The number of amides is 1. The van der Waals surface area contributed by atoms with E-state index in [1.165, 1.54) is 18.2 Å². The number of hydrogen-bond acceptors (Lipinski definition) is 4. The summed E-state index contributed by atoms with van der Waals surface area (Å²) < 4.78 is 25.7. The van der Waals surface area contributed by atoms with Crippen molar-refractivity contribution in [3.63, 3.8) is 0 Å². The Kier molecular flexibility index (Phi) is 5.81. The number of carbonyl (C=O) groups is 2. The number of carboxylic acid groups (broad SMARTS) is 1. The molecule has 0 radical (unpaired) electrons. The largest absolute Gasteiger partial charge is 0.478 e. The normalized spacial score (nSPS) is 11.0. The van der Waals surface area contributed by atoms with Crippen LogP contribution in [0.25, 0.3) is 0 Å². The number of nitrogens with zero attached hydrogens (tertiary/aromatic N) is 1. The van der Waals surface area contributed by atoms with Gasteiger partial charge in [0.2, 0.25) is 15.9 Å². The van der Waals surface area contributed by atoms with Crippen molar-refractivity contribution in [2.75, 3.05) is 22.4 Å². The smallest absolute Gasteiger partial charge is 0.337 e. The molecular formula is C16H15BrN2O5S. The lowest BCUT2D eigenvalue weighted by molar-refractivity contribution is -0.114. The number of benzene rings is 2. The maximum atomic E-state index is 12.3. The molecule has 0 aromatic heterocycles. The first-order valence-corrected chi connectivity index (χ1v) is 9.68. The van der Waals surface area contributed by atoms with Crippen LogP contribution in [-0.4, -0.2) is 38.2 Å². The zero-order valence-corrected chi connectivity index (χ0v) is 15.5. The van der Waals surface area contributed by atoms with E-state index in [0.29, 0.717) is 10.2 Å². The Morgan fingerprint density at radius 1 is 1.16 bits per heavy atom. The molecule has 0 bridgehead atoms. The number of nitrogens with one attached hydrogen (secondary N) is 1. The van der Waals surface area contributed by atoms with Gasteiger partial charge in [0.15, 0.2) is 0 Å². The first-order chi connectivity index (χ1) is 11.7. The van der Waals surface area contributed by atoms with E-state index in [-0.39, 0.29) is 11.3 Å². The van der Waals surface area contributed by atoms with Gasteiger partial charge in [-0.15, -0.1) is 0 Å². The standard InChI is InChI=1S/C16H15BrN2O5S/c1-25(23,24)19(12-6-4-5-11(17)9-12)10-15(20)18-14-8-3-2-7-13(14)16(21)22/h2-9H,10H2,1H3,(H,18,20)(H,21,22). The zero-order chi connectivity index (χ0) is 18.6. The van der Waals surface area contributed by atoms with Crippen molar-refractivity contribution in [3.8, 4) is 0 Å². The van der Waals surface area contributed by atoms with Crippen LogP contribution < -0.4 is 9.62 Å². The van der Waals surface area contributed by atoms with Crippen molar-refractivity contribution in [1.29, 1.82) is 0 Å². The Bertz CT molecular complexity index is 914. The minimum atomic E-state index is -3.71. The van der Waals surface area contributed by atoms with Crippen molar-refractivity contribution in [2.24, 2.45) is 0 Å². The maximum Gasteiger partial charge on any atom is 0.337 e. The predicted octanol–water partition coefficient (Wildman–Crippen LogP) is 2.55. The van der Waals surface area contributed by atoms with E-state index in [2.05, 4.69) is 21.2 Å². The van der Waals surface area contributed by atoms with Crippen molar-refractivity contribution < 1.29 is 23.1 Å². The SMILES string of the molecule is CS(=O)(=O)N(CC(=O)Nc1ccccc1C(=O)O)c1cccc(Br)c1. The monoisotopic (exact) mass is 426 g/mol. The Hall–Kier alpha value is -2.39. The lowest BCUT2D eigenvalue weighted by atomic mass is 10.2. The zero-order valence-electron chi connectivity index (χ0n) is 13.1. The lowest BCUT2D eigenvalue weighted by Gasteiger charge is -2.22. The molecule has 0 heterocycles. The second-order valence-electron chi connectivity index (χ2n) is 5.15. The third-order valence-corrected chi connectivity index (χ3v) is 4.85. The van der Waals surface area contributed by atoms with Gasteiger partial charge in [0.05, 0.1) is 23.2 Å². The molecule has 2 N–H and O–H groups in total. The summed E-state index contributed by atoms with van der Waals surface area (Å²) in [5, 5.41) is 11.6. The van der Waals surface area contributed by atoms with E-state index in [1.54, 1.807) is 30.3 Å². The summed E-state index contributed by atoms with van der Waals surface area (Å²) in [7, 11) is -3.71. The summed E-state index contributed by atoms with van der Waals surface area (Å²) in [6.07, 6.45) is 0.992. The average Bonchev–Trinajstić information content (AvgIpc) is 2.52. The number of aromatic carboxylic acids is 1. The fraction of sp³-hybridized carbons (Fsp3) is 0.125. The fourth-order valence-corrected chi connectivity index (χ4v) is 3.37. The Balaban J connectivity index is 2.26. The summed E-state index contributed by atoms with van der Waals surface area (Å²) in [4.78, 5) is 23.5. The van der Waals surface area contributed by atoms with Crippen molar-refractivity contribution in [3.05, 3.63) is 58.6 Å². The van der Waals surface area contributed by atoms with E-state index < -0.39 is 28.4 Å². The van der Waals surface area contributed by atoms with Crippen LogP contribution in [0.15, 0.2) is 53.0 Å². The third kappa shape index (κ3) is 5.04. The van der Waals surface area contributed by atoms with E-state index in [1.807, 2.05) is 0 Å². The van der Waals surface area contributed by atoms with Gasteiger partial charge in [-0.3, -0.25) is 9.10 Å². The highest BCUT2D eigenvalue weighted by molar-refractivity contribution is 9.10. The lowest BCUT2D eigenvalue weighted by Crippen LogP contribution is -2.37. The minimum absolute atomic E-state index is 0.0794. The van der Waals surface area contributed by atoms with Crippen molar-refractivity contribution in [2.45, 2.75) is 0 Å². The number of sulfonamides is 1. The second kappa shape index (κ2) is 7.66. The first kappa shape index (κ1) is 18.9. The maximum absolute atomic E-state index is 12.3. The van der Waals surface area contributed by atoms with E-state index >= 15 is 0 Å². The van der Waals surface area contributed by atoms with Gasteiger partial charge in [-0.2, -0.15) is 0 Å². The molecule has 0 aliphatic heterocycles. The van der Waals surface area contributed by atoms with Crippen LogP contribution in [0.1, 0.15) is 10.4 Å². The average molecular weight is 427 g/mol. The van der Waals surface area contributed by atoms with Gasteiger partial charge in [-0.25, -0.2) is 13.2 Å². The Morgan fingerprint density at radius 2 is 1.84 bits per heavy atom. The van der Waals surface area contributed by atoms with E-state index in [4.69, 9.17) is 5.11 Å². The van der Waals surface area contributed by atoms with Gasteiger partial charge in [-0.1, -0.05) is 34.1 Å². The molecule has 2 aromatic carbocycles. The molecule has 0 aliphatic carbocycles. The number of hydrogen-bond donors (Lipinski definition) is 2. The Labute approximate surface area is 153 Å². The molecule has 2 rings (SSSR count). The van der Waals surface area contributed by atoms with Crippen LogP contribution in [-0.2, 0) is 14.8 Å². The number of halogens is 1. The van der Waals surface area contributed by atoms with Crippen LogP contribution in [0.2, 0.25) is 0 Å². The van der Waals surface area contributed by atoms with Gasteiger partial charge >= 0.3 is 5.97 Å². The number of rotatable bonds is 6. The van der Waals surface area contributed by atoms with Gasteiger partial charge in [0.1, 0.15) is 6.54 Å². The molecule has 25 heavy (non-hydrogen) atoms. The van der Waals surface area contributed by atoms with E-state index in [9.17, 15) is 18.0 Å². The number of para-hydroxylation sites is 1. The number of carbonyl (C=O) groups excluding carboxylic acids is 1. The van der Waals surface area contributed by atoms with Gasteiger partial charge in [-0.05, 0) is 30.3 Å². The molecule has 9 heteroatoms. The summed E-state index contributed by atoms with van der Waals surface area (Å²) in [5.41, 5.74) is 0.338. The van der Waals surface area contributed by atoms with Crippen LogP contribution in [0.5, 0.6) is 0 Å². The van der Waals surface area contributed by atoms with Crippen molar-refractivity contribution in [1.82, 2.24) is 0 Å². The van der Waals surface area contributed by atoms with Crippen molar-refractivity contribution >= 4 is 49.2 Å². The number of anilines is 2. The summed E-state index contributed by atoms with van der Waals surface area (Å²) in [6, 6.07) is 12.4. The molecule has 132 valence electrons. The number of carboxylic acids is 1. The quantitative estimate of drug-likeness (QED) is 0.738. The van der Waals surface area contributed by atoms with Gasteiger partial charge < -0.3 is 10.4 Å². The minimum Gasteiger partial charge on any atom is -0.478 e. The summed E-state index contributed by atoms with van der Waals surface area (Å²) >= 11 is 3.26. The highest BCUT2D eigenvalue weighted by atomic mass is 79.9. The Morgan fingerprint density at radius 3 is 2.44 bits per heavy atom. The molecule has 0 aliphatic rings. The molecule has 0 spiro atoms. The summed E-state index contributed by atoms with van der Waals surface area (Å²) in [5.74, 6) is -1.85. The molecule has 0 saturated carbocycles.